The lowest BCUT2D eigenvalue weighted by molar-refractivity contribution is 0.0596. The minimum absolute atomic E-state index is 0.129. The Morgan fingerprint density at radius 1 is 1.03 bits per heavy atom. The van der Waals surface area contributed by atoms with Crippen molar-refractivity contribution >= 4 is 52.5 Å². The first-order chi connectivity index (χ1) is 15.8. The molecule has 2 rings (SSSR count). The highest BCUT2D eigenvalue weighted by Gasteiger charge is 2.16. The summed E-state index contributed by atoms with van der Waals surface area (Å²) in [6, 6.07) is 4.71. The molecule has 13 heteroatoms. The highest BCUT2D eigenvalue weighted by Crippen LogP contribution is 2.10. The first-order valence-corrected chi connectivity index (χ1v) is 10.9. The quantitative estimate of drug-likeness (QED) is 0.207. The zero-order valence-corrected chi connectivity index (χ0v) is 22.9. The van der Waals surface area contributed by atoms with Crippen LogP contribution >= 0.6 is 34.5 Å². The summed E-state index contributed by atoms with van der Waals surface area (Å²) in [6.45, 7) is 10.5. The van der Waals surface area contributed by atoms with Crippen LogP contribution in [0.3, 0.4) is 0 Å². The Balaban J connectivity index is 0. The number of nitrogens with two attached hydrogens (primary N) is 1. The van der Waals surface area contributed by atoms with Gasteiger partial charge in [-0.05, 0) is 60.7 Å². The van der Waals surface area contributed by atoms with Crippen molar-refractivity contribution in [1.29, 1.82) is 0 Å². The van der Waals surface area contributed by atoms with Crippen LogP contribution in [0.25, 0.3) is 0 Å². The number of nitrogens with zero attached hydrogens (tertiary/aromatic N) is 2. The fourth-order valence-corrected chi connectivity index (χ4v) is 1.72. The summed E-state index contributed by atoms with van der Waals surface area (Å²) in [6.07, 6.45) is 1.21. The van der Waals surface area contributed by atoms with E-state index in [1.165, 1.54) is 28.0 Å². The number of hydrogen-bond donors (Lipinski definition) is 3. The fourth-order valence-electron chi connectivity index (χ4n) is 1.56. The smallest absolute Gasteiger partial charge is 0.413 e. The molecule has 192 valence electrons. The van der Waals surface area contributed by atoms with Crippen molar-refractivity contribution in [2.24, 2.45) is 5.73 Å². The zero-order chi connectivity index (χ0) is 27.8. The molecule has 0 unspecified atom stereocenters. The molecule has 0 spiro atoms. The van der Waals surface area contributed by atoms with Gasteiger partial charge in [0.25, 0.3) is 0 Å². The highest BCUT2D eigenvalue weighted by molar-refractivity contribution is 14.1. The first kappa shape index (κ1) is 31.7. The number of rotatable bonds is 1. The van der Waals surface area contributed by atoms with Gasteiger partial charge in [0, 0.05) is 47.4 Å². The predicted molar refractivity (Wildman–Crippen MR) is 137 cm³/mol. The van der Waals surface area contributed by atoms with E-state index in [2.05, 4.69) is 20.0 Å². The predicted octanol–water partition coefficient (Wildman–Crippen LogP) is 5.88. The number of carbonyl (C=O) groups is 2. The van der Waals surface area contributed by atoms with E-state index < -0.39 is 29.2 Å². The fraction of sp³-hybridized carbons (Fsp3) is 0.429. The maximum absolute atomic E-state index is 12.7. The second kappa shape index (κ2) is 17.2. The van der Waals surface area contributed by atoms with E-state index >= 15 is 0 Å². The van der Waals surface area contributed by atoms with Gasteiger partial charge in [-0.2, -0.15) is 0 Å². The number of aromatic nitrogens is 2. The molecular formula is C21H31ClF2IN5O4. The minimum Gasteiger partial charge on any atom is -0.444 e. The first-order valence-electron chi connectivity index (χ1n) is 10.0. The van der Waals surface area contributed by atoms with Gasteiger partial charge in [0.1, 0.15) is 35.2 Å². The maximum atomic E-state index is 12.7. The molecule has 2 aromatic heterocycles. The average molecular weight is 620 g/mol. The van der Waals surface area contributed by atoms with Gasteiger partial charge in [0.05, 0.1) is 0 Å². The van der Waals surface area contributed by atoms with E-state index in [9.17, 15) is 18.4 Å². The van der Waals surface area contributed by atoms with Crippen molar-refractivity contribution in [2.45, 2.75) is 52.7 Å². The number of hydrogen-bond acceptors (Lipinski definition) is 7. The summed E-state index contributed by atoms with van der Waals surface area (Å²) in [5.41, 5.74) is 3.68. The summed E-state index contributed by atoms with van der Waals surface area (Å²) < 4.78 is 41.9. The van der Waals surface area contributed by atoms with Gasteiger partial charge < -0.3 is 15.2 Å². The Bertz CT molecular complexity index is 896. The summed E-state index contributed by atoms with van der Waals surface area (Å²) in [4.78, 5) is 28.6. The Morgan fingerprint density at radius 2 is 1.47 bits per heavy atom. The van der Waals surface area contributed by atoms with Gasteiger partial charge in [-0.1, -0.05) is 11.6 Å². The van der Waals surface area contributed by atoms with Gasteiger partial charge in [-0.15, -0.1) is 0 Å². The standard InChI is InChI=1S/C10H13FN2O2.C5H3ClFN.C5H11NO2.CH4IN/c1-10(2,3)15-9(14)13-8-6-7(11)4-5-12-8;6-5-3-4(7)1-2-8-5;1-5(2,3)8-4(6)7;1-3-2/h4-6H,1-3H3,(H,12,13,14);1-3H;1-3H3,(H2,6,7);3H,1H3/i/hT. The van der Waals surface area contributed by atoms with Gasteiger partial charge in [-0.3, -0.25) is 8.84 Å². The number of anilines is 1. The molecule has 0 atom stereocenters. The minimum atomic E-state index is -0.725. The van der Waals surface area contributed by atoms with E-state index in [4.69, 9.17) is 23.5 Å². The zero-order valence-electron chi connectivity index (χ0n) is 21.0. The molecule has 0 fully saturated rings. The van der Waals surface area contributed by atoms with Crippen LogP contribution in [-0.4, -0.2) is 40.4 Å². The van der Waals surface area contributed by atoms with Gasteiger partial charge in [-0.25, -0.2) is 28.3 Å². The molecule has 0 aliphatic rings. The van der Waals surface area contributed by atoms with Crippen LogP contribution in [0.2, 0.25) is 6.56 Å². The van der Waals surface area contributed by atoms with Crippen molar-refractivity contribution in [3.8, 4) is 0 Å². The van der Waals surface area contributed by atoms with Gasteiger partial charge in [0.2, 0.25) is 0 Å². The molecular weight excluding hydrogens is 587 g/mol. The molecule has 0 saturated heterocycles. The highest BCUT2D eigenvalue weighted by atomic mass is 127. The van der Waals surface area contributed by atoms with Gasteiger partial charge in [0.15, 0.2) is 0 Å². The van der Waals surface area contributed by atoms with Crippen LogP contribution in [0.15, 0.2) is 36.7 Å². The molecule has 34 heavy (non-hydrogen) atoms. The largest absolute Gasteiger partial charge is 0.444 e. The van der Waals surface area contributed by atoms with Crippen LogP contribution in [0.5, 0.6) is 0 Å². The second-order valence-corrected chi connectivity index (χ2v) is 9.34. The van der Waals surface area contributed by atoms with Crippen molar-refractivity contribution in [3.05, 3.63) is 53.4 Å². The van der Waals surface area contributed by atoms with Gasteiger partial charge >= 0.3 is 12.2 Å². The molecule has 9 nitrogen and oxygen atoms in total. The van der Waals surface area contributed by atoms with E-state index in [0.29, 0.717) is 0 Å². The Morgan fingerprint density at radius 3 is 1.76 bits per heavy atom. The molecule has 2 aromatic rings. The van der Waals surface area contributed by atoms with Crippen molar-refractivity contribution in [2.75, 3.05) is 12.4 Å². The van der Waals surface area contributed by atoms with E-state index in [1.807, 2.05) is 22.9 Å². The summed E-state index contributed by atoms with van der Waals surface area (Å²) in [5, 5.41) is 2.51. The van der Waals surface area contributed by atoms with Crippen molar-refractivity contribution < 1.29 is 29.3 Å². The van der Waals surface area contributed by atoms with Crippen LogP contribution in [0.4, 0.5) is 24.2 Å². The topological polar surface area (TPSA) is 128 Å². The summed E-state index contributed by atoms with van der Waals surface area (Å²) in [7, 11) is 1.65. The average Bonchev–Trinajstić information content (AvgIpc) is 2.58. The van der Waals surface area contributed by atoms with E-state index in [1.54, 1.807) is 48.6 Å². The number of primary amides is 1. The Labute approximate surface area is 219 Å². The van der Waals surface area contributed by atoms with Crippen LogP contribution in [-0.2, 0) is 9.47 Å². The van der Waals surface area contributed by atoms with Crippen LogP contribution in [0.1, 0.15) is 41.5 Å². The lowest BCUT2D eigenvalue weighted by Gasteiger charge is -2.19. The number of carbonyl (C=O) groups excluding carboxylic acids is 2. The molecule has 0 aliphatic carbocycles. The number of pyridine rings is 2. The summed E-state index contributed by atoms with van der Waals surface area (Å²) in [5.74, 6) is -0.690. The van der Waals surface area contributed by atoms with Crippen LogP contribution in [0, 0.1) is 11.6 Å². The monoisotopic (exact) mass is 619 g/mol. The lowest BCUT2D eigenvalue weighted by Crippen LogP contribution is -2.27. The molecule has 0 aliphatic heterocycles. The molecule has 0 radical (unpaired) electrons. The Kier molecular flexibility index (Phi) is 16.0. The van der Waals surface area contributed by atoms with Crippen molar-refractivity contribution in [3.63, 3.8) is 0 Å². The van der Waals surface area contributed by atoms with E-state index in [-0.39, 0.29) is 16.8 Å². The third-order valence-corrected chi connectivity index (χ3v) is 2.65. The normalized spacial score (nSPS) is 10.6. The molecule has 0 bridgehead atoms. The maximum Gasteiger partial charge on any atom is 0.413 e. The molecule has 0 aromatic carbocycles. The molecule has 2 amide bonds. The number of ether oxygens (including phenoxy) is 2. The number of nitrogens with one attached hydrogen (secondary N) is 2. The second-order valence-electron chi connectivity index (χ2n) is 7.99. The third kappa shape index (κ3) is 24.3. The Hall–Kier alpha value is -2.32. The van der Waals surface area contributed by atoms with Crippen LogP contribution < -0.4 is 14.6 Å². The SMILES string of the molecule is CC(C)(C)OC(=O)Nc1cc(F)ccn1.CC(C)(C)OC(N)=O.Fc1ccnc(Cl)c1.[3H]N(C)I. The summed E-state index contributed by atoms with van der Waals surface area (Å²) >= 11 is 7.14. The lowest BCUT2D eigenvalue weighted by atomic mass is 10.2. The third-order valence-electron chi connectivity index (χ3n) is 2.45. The molecule has 4 N–H and O–H groups in total. The van der Waals surface area contributed by atoms with Crippen molar-refractivity contribution in [1.82, 2.24) is 13.5 Å². The molecule has 2 heterocycles. The van der Waals surface area contributed by atoms with E-state index in [0.717, 1.165) is 12.1 Å². The number of halogens is 4. The number of amides is 2. The molecule has 0 saturated carbocycles.